The van der Waals surface area contributed by atoms with Crippen LogP contribution in [0.4, 0.5) is 11.6 Å². The third kappa shape index (κ3) is 3.72. The molecular weight excluding hydrogens is 322 g/mol. The zero-order chi connectivity index (χ0) is 17.9. The van der Waals surface area contributed by atoms with E-state index in [9.17, 15) is 4.79 Å². The van der Waals surface area contributed by atoms with Gasteiger partial charge in [-0.1, -0.05) is 43.3 Å². The summed E-state index contributed by atoms with van der Waals surface area (Å²) < 4.78 is 1.72. The Balaban J connectivity index is 2.32. The normalized spacial score (nSPS) is 12.2. The Labute approximate surface area is 147 Å². The molecule has 2 rings (SSSR count). The second-order valence-electron chi connectivity index (χ2n) is 5.83. The maximum absolute atomic E-state index is 12.9. The van der Waals surface area contributed by atoms with Crippen LogP contribution in [0.25, 0.3) is 0 Å². The second kappa shape index (κ2) is 7.70. The van der Waals surface area contributed by atoms with Crippen molar-refractivity contribution in [3.8, 4) is 0 Å². The molecule has 0 spiro atoms. The van der Waals surface area contributed by atoms with Crippen LogP contribution in [-0.4, -0.2) is 26.4 Å². The maximum Gasteiger partial charge on any atom is 0.247 e. The number of benzene rings is 1. The van der Waals surface area contributed by atoms with Gasteiger partial charge in [-0.15, -0.1) is 10.2 Å². The Morgan fingerprint density at radius 2 is 1.88 bits per heavy atom. The van der Waals surface area contributed by atoms with Gasteiger partial charge in [-0.25, -0.2) is 0 Å². The van der Waals surface area contributed by atoms with Crippen LogP contribution in [0.2, 0.25) is 0 Å². The third-order valence-electron chi connectivity index (χ3n) is 3.89. The molecule has 1 atom stereocenters. The molecule has 0 saturated heterocycles. The zero-order valence-electron chi connectivity index (χ0n) is 14.9. The molecule has 1 amide bonds. The van der Waals surface area contributed by atoms with Gasteiger partial charge < -0.3 is 11.1 Å². The molecule has 0 fully saturated rings. The van der Waals surface area contributed by atoms with Crippen LogP contribution in [0.1, 0.15) is 43.0 Å². The summed E-state index contributed by atoms with van der Waals surface area (Å²) in [6.07, 6.45) is 0.606. The van der Waals surface area contributed by atoms with E-state index < -0.39 is 6.04 Å². The fourth-order valence-corrected chi connectivity index (χ4v) is 3.59. The number of hydrogen-bond acceptors (Lipinski definition) is 5. The molecule has 0 aliphatic carbocycles. The molecule has 3 N–H and O–H groups in total. The average molecular weight is 347 g/mol. The molecule has 7 heteroatoms. The summed E-state index contributed by atoms with van der Waals surface area (Å²) in [7, 11) is 0. The van der Waals surface area contributed by atoms with E-state index in [-0.39, 0.29) is 11.9 Å². The van der Waals surface area contributed by atoms with Gasteiger partial charge in [-0.2, -0.15) is 0 Å². The number of hydrogen-bond donors (Lipinski definition) is 2. The molecule has 1 heterocycles. The lowest BCUT2D eigenvalue weighted by molar-refractivity contribution is -0.119. The van der Waals surface area contributed by atoms with Gasteiger partial charge in [0.2, 0.25) is 11.9 Å². The zero-order valence-corrected chi connectivity index (χ0v) is 15.7. The highest BCUT2D eigenvalue weighted by Crippen LogP contribution is 2.28. The Morgan fingerprint density at radius 1 is 1.25 bits per heavy atom. The minimum Gasteiger partial charge on any atom is -0.368 e. The number of anilines is 2. The fourth-order valence-electron chi connectivity index (χ4n) is 2.88. The number of nitrogens with zero attached hydrogens (tertiary/aromatic N) is 3. The number of nitrogen functional groups attached to an aromatic ring is 1. The first kappa shape index (κ1) is 18.3. The van der Waals surface area contributed by atoms with Crippen molar-refractivity contribution in [1.82, 2.24) is 14.8 Å². The quantitative estimate of drug-likeness (QED) is 0.781. The van der Waals surface area contributed by atoms with E-state index in [1.165, 1.54) is 17.3 Å². The van der Waals surface area contributed by atoms with Crippen molar-refractivity contribution in [2.75, 3.05) is 16.8 Å². The molecule has 2 aromatic rings. The minimum absolute atomic E-state index is 0.1000. The predicted octanol–water partition coefficient (Wildman–Crippen LogP) is 3.49. The van der Waals surface area contributed by atoms with Gasteiger partial charge in [0.1, 0.15) is 6.04 Å². The third-order valence-corrected chi connectivity index (χ3v) is 4.72. The molecule has 1 aromatic heterocycles. The lowest BCUT2D eigenvalue weighted by Gasteiger charge is -2.20. The molecule has 0 saturated carbocycles. The number of aromatic nitrogens is 3. The monoisotopic (exact) mass is 347 g/mol. The van der Waals surface area contributed by atoms with E-state index in [0.29, 0.717) is 11.6 Å². The highest BCUT2D eigenvalue weighted by Gasteiger charge is 2.25. The molecule has 130 valence electrons. The Kier molecular flexibility index (Phi) is 5.88. The van der Waals surface area contributed by atoms with Crippen molar-refractivity contribution in [2.45, 2.75) is 52.2 Å². The van der Waals surface area contributed by atoms with Gasteiger partial charge in [-0.05, 0) is 44.1 Å². The van der Waals surface area contributed by atoms with Crippen molar-refractivity contribution in [3.63, 3.8) is 0 Å². The van der Waals surface area contributed by atoms with E-state index in [4.69, 9.17) is 5.73 Å². The number of amides is 1. The van der Waals surface area contributed by atoms with Crippen LogP contribution in [-0.2, 0) is 4.79 Å². The van der Waals surface area contributed by atoms with E-state index >= 15 is 0 Å². The van der Waals surface area contributed by atoms with Gasteiger partial charge in [0, 0.05) is 5.69 Å². The topological polar surface area (TPSA) is 85.8 Å². The van der Waals surface area contributed by atoms with Gasteiger partial charge >= 0.3 is 0 Å². The molecule has 6 nitrogen and oxygen atoms in total. The van der Waals surface area contributed by atoms with E-state index in [1.807, 2.05) is 34.6 Å². The highest BCUT2D eigenvalue weighted by molar-refractivity contribution is 7.99. The lowest BCUT2D eigenvalue weighted by Crippen LogP contribution is -2.27. The van der Waals surface area contributed by atoms with Gasteiger partial charge in [-0.3, -0.25) is 9.36 Å². The average Bonchev–Trinajstić information content (AvgIpc) is 2.86. The van der Waals surface area contributed by atoms with Crippen LogP contribution in [0.5, 0.6) is 0 Å². The van der Waals surface area contributed by atoms with Gasteiger partial charge in [0.05, 0.1) is 0 Å². The Hall–Kier alpha value is -2.02. The fraction of sp³-hybridized carbons (Fsp3) is 0.471. The van der Waals surface area contributed by atoms with Crippen LogP contribution in [0, 0.1) is 20.8 Å². The summed E-state index contributed by atoms with van der Waals surface area (Å²) in [4.78, 5) is 12.9. The minimum atomic E-state index is -0.436. The maximum atomic E-state index is 12.9. The molecule has 24 heavy (non-hydrogen) atoms. The van der Waals surface area contributed by atoms with Crippen LogP contribution < -0.4 is 11.1 Å². The summed E-state index contributed by atoms with van der Waals surface area (Å²) in [6, 6.07) is 3.69. The first-order valence-corrected chi connectivity index (χ1v) is 9.09. The standard InChI is InChI=1S/C17H25N5OS/c1-6-13(22-16(18)20-21-17(22)24-7-2)15(23)19-14-11(4)8-10(3)9-12(14)5/h8-9,13H,6-7H2,1-5H3,(H2,18,20)(H,19,23)/t13-/m0/s1. The number of carbonyl (C=O) groups excluding carboxylic acids is 1. The number of rotatable bonds is 6. The molecule has 0 bridgehead atoms. The van der Waals surface area contributed by atoms with Crippen molar-refractivity contribution < 1.29 is 4.79 Å². The summed E-state index contributed by atoms with van der Waals surface area (Å²) >= 11 is 1.53. The van der Waals surface area contributed by atoms with E-state index in [0.717, 1.165) is 22.6 Å². The predicted molar refractivity (Wildman–Crippen MR) is 99.4 cm³/mol. The molecule has 0 radical (unpaired) electrons. The smallest absolute Gasteiger partial charge is 0.247 e. The number of carbonyl (C=O) groups is 1. The van der Waals surface area contributed by atoms with E-state index in [2.05, 4.69) is 27.6 Å². The summed E-state index contributed by atoms with van der Waals surface area (Å²) in [5, 5.41) is 11.7. The van der Waals surface area contributed by atoms with Crippen molar-refractivity contribution in [3.05, 3.63) is 28.8 Å². The molecular formula is C17H25N5OS. The molecule has 0 aliphatic heterocycles. The van der Waals surface area contributed by atoms with Crippen LogP contribution in [0.3, 0.4) is 0 Å². The van der Waals surface area contributed by atoms with Crippen LogP contribution >= 0.6 is 11.8 Å². The Bertz CT molecular complexity index is 718. The summed E-state index contributed by atoms with van der Waals surface area (Å²) in [5.74, 6) is 1.01. The number of thioether (sulfide) groups is 1. The number of nitrogens with one attached hydrogen (secondary N) is 1. The number of aryl methyl sites for hydroxylation is 3. The van der Waals surface area contributed by atoms with Crippen LogP contribution in [0.15, 0.2) is 17.3 Å². The summed E-state index contributed by atoms with van der Waals surface area (Å²) in [5.41, 5.74) is 10.1. The SMILES string of the molecule is CCSc1nnc(N)n1[C@@H](CC)C(=O)Nc1c(C)cc(C)cc1C. The van der Waals surface area contributed by atoms with Gasteiger partial charge in [0.25, 0.3) is 0 Å². The van der Waals surface area contributed by atoms with Crippen molar-refractivity contribution >= 4 is 29.3 Å². The molecule has 0 unspecified atom stereocenters. The van der Waals surface area contributed by atoms with Crippen molar-refractivity contribution in [2.24, 2.45) is 0 Å². The van der Waals surface area contributed by atoms with E-state index in [1.54, 1.807) is 4.57 Å². The summed E-state index contributed by atoms with van der Waals surface area (Å²) in [6.45, 7) is 10.0. The van der Waals surface area contributed by atoms with Gasteiger partial charge in [0.15, 0.2) is 5.16 Å². The Morgan fingerprint density at radius 3 is 2.42 bits per heavy atom. The molecule has 0 aliphatic rings. The molecule has 1 aromatic carbocycles. The second-order valence-corrected chi connectivity index (χ2v) is 7.06. The van der Waals surface area contributed by atoms with Crippen molar-refractivity contribution in [1.29, 1.82) is 0 Å². The highest BCUT2D eigenvalue weighted by atomic mass is 32.2. The first-order valence-electron chi connectivity index (χ1n) is 8.10. The largest absolute Gasteiger partial charge is 0.368 e. The first-order chi connectivity index (χ1) is 11.4. The number of nitrogens with two attached hydrogens (primary N) is 1. The lowest BCUT2D eigenvalue weighted by atomic mass is 10.0.